The van der Waals surface area contributed by atoms with Crippen LogP contribution in [0.1, 0.15) is 45.5 Å². The molecule has 3 nitrogen and oxygen atoms in total. The van der Waals surface area contributed by atoms with Crippen LogP contribution in [-0.4, -0.2) is 16.3 Å². The summed E-state index contributed by atoms with van der Waals surface area (Å²) < 4.78 is 2.07. The zero-order valence-electron chi connectivity index (χ0n) is 11.3. The number of rotatable bonds is 5. The predicted molar refractivity (Wildman–Crippen MR) is 68.4 cm³/mol. The van der Waals surface area contributed by atoms with Crippen molar-refractivity contribution in [1.82, 2.24) is 15.1 Å². The molecule has 0 aliphatic carbocycles. The summed E-state index contributed by atoms with van der Waals surface area (Å²) in [6.45, 7) is 13.9. The van der Waals surface area contributed by atoms with Crippen molar-refractivity contribution in [2.75, 3.05) is 6.54 Å². The maximum Gasteiger partial charge on any atom is 0.0597 e. The molecule has 0 aliphatic rings. The molecule has 0 spiro atoms. The van der Waals surface area contributed by atoms with Gasteiger partial charge >= 0.3 is 0 Å². The van der Waals surface area contributed by atoms with E-state index in [9.17, 15) is 0 Å². The first-order chi connectivity index (χ1) is 7.42. The van der Waals surface area contributed by atoms with E-state index in [0.717, 1.165) is 25.3 Å². The second kappa shape index (κ2) is 5.48. The molecule has 0 unspecified atom stereocenters. The molecule has 92 valence electrons. The van der Waals surface area contributed by atoms with Crippen LogP contribution in [0.2, 0.25) is 0 Å². The Bertz CT molecular complexity index is 320. The minimum atomic E-state index is 0.411. The van der Waals surface area contributed by atoms with Crippen LogP contribution in [0.3, 0.4) is 0 Å². The molecule has 0 fully saturated rings. The number of hydrogen-bond acceptors (Lipinski definition) is 2. The summed E-state index contributed by atoms with van der Waals surface area (Å²) in [6.07, 6.45) is 1.20. The van der Waals surface area contributed by atoms with Crippen LogP contribution < -0.4 is 5.32 Å². The van der Waals surface area contributed by atoms with Crippen LogP contribution in [0.5, 0.6) is 0 Å². The molecular weight excluding hydrogens is 198 g/mol. The number of aromatic nitrogens is 2. The van der Waals surface area contributed by atoms with Crippen LogP contribution in [-0.2, 0) is 13.1 Å². The lowest BCUT2D eigenvalue weighted by Gasteiger charge is -2.18. The predicted octanol–water partition coefficient (Wildman–Crippen LogP) is 2.74. The number of nitrogens with zero attached hydrogens (tertiary/aromatic N) is 2. The minimum Gasteiger partial charge on any atom is -0.311 e. The smallest absolute Gasteiger partial charge is 0.0597 e. The molecule has 16 heavy (non-hydrogen) atoms. The molecule has 0 aromatic carbocycles. The molecule has 0 saturated carbocycles. The van der Waals surface area contributed by atoms with E-state index in [1.165, 1.54) is 12.1 Å². The second-order valence-corrected chi connectivity index (χ2v) is 5.58. The Kier molecular flexibility index (Phi) is 4.54. The Morgan fingerprint density at radius 1 is 1.38 bits per heavy atom. The van der Waals surface area contributed by atoms with Gasteiger partial charge in [-0.15, -0.1) is 0 Å². The zero-order chi connectivity index (χ0) is 12.2. The summed E-state index contributed by atoms with van der Waals surface area (Å²) in [7, 11) is 0. The van der Waals surface area contributed by atoms with Crippen molar-refractivity contribution in [3.63, 3.8) is 0 Å². The molecule has 1 aromatic rings. The first-order valence-corrected chi connectivity index (χ1v) is 6.16. The molecule has 1 rings (SSSR count). The molecule has 1 N–H and O–H groups in total. The third kappa shape index (κ3) is 4.35. The van der Waals surface area contributed by atoms with Gasteiger partial charge in [-0.3, -0.25) is 4.68 Å². The monoisotopic (exact) mass is 223 g/mol. The summed E-state index contributed by atoms with van der Waals surface area (Å²) >= 11 is 0. The van der Waals surface area contributed by atoms with Gasteiger partial charge in [-0.05, 0) is 38.3 Å². The van der Waals surface area contributed by atoms with Gasteiger partial charge in [0.25, 0.3) is 0 Å². The Balaban J connectivity index is 2.37. The van der Waals surface area contributed by atoms with Crippen molar-refractivity contribution in [3.8, 4) is 0 Å². The Morgan fingerprint density at radius 2 is 2.06 bits per heavy atom. The lowest BCUT2D eigenvalue weighted by Crippen LogP contribution is -2.21. The standard InChI is InChI=1S/C13H25N3/c1-6-16-12(9-11(2)15-16)10-14-8-7-13(3,4)5/h9,14H,6-8,10H2,1-5H3. The van der Waals surface area contributed by atoms with Crippen molar-refractivity contribution < 1.29 is 0 Å². The average Bonchev–Trinajstić information content (AvgIpc) is 2.52. The van der Waals surface area contributed by atoms with Gasteiger partial charge < -0.3 is 5.32 Å². The quantitative estimate of drug-likeness (QED) is 0.778. The highest BCUT2D eigenvalue weighted by atomic mass is 15.3. The first kappa shape index (κ1) is 13.2. The molecule has 0 amide bonds. The van der Waals surface area contributed by atoms with Gasteiger partial charge in [0.15, 0.2) is 0 Å². The third-order valence-corrected chi connectivity index (χ3v) is 2.64. The van der Waals surface area contributed by atoms with Gasteiger partial charge in [0.2, 0.25) is 0 Å². The summed E-state index contributed by atoms with van der Waals surface area (Å²) in [5.74, 6) is 0. The maximum absolute atomic E-state index is 4.43. The van der Waals surface area contributed by atoms with E-state index in [1.807, 2.05) is 6.92 Å². The van der Waals surface area contributed by atoms with Crippen molar-refractivity contribution in [2.45, 2.75) is 54.1 Å². The fourth-order valence-corrected chi connectivity index (χ4v) is 1.70. The molecule has 1 aromatic heterocycles. The molecule has 0 radical (unpaired) electrons. The lowest BCUT2D eigenvalue weighted by atomic mass is 9.92. The van der Waals surface area contributed by atoms with Crippen molar-refractivity contribution in [3.05, 3.63) is 17.5 Å². The van der Waals surface area contributed by atoms with E-state index in [2.05, 4.69) is 48.9 Å². The van der Waals surface area contributed by atoms with Gasteiger partial charge in [0, 0.05) is 13.1 Å². The highest BCUT2D eigenvalue weighted by Gasteiger charge is 2.09. The number of hydrogen-bond donors (Lipinski definition) is 1. The van der Waals surface area contributed by atoms with Gasteiger partial charge in [-0.1, -0.05) is 20.8 Å². The Labute approximate surface area is 99.2 Å². The summed E-state index contributed by atoms with van der Waals surface area (Å²) in [5.41, 5.74) is 2.80. The van der Waals surface area contributed by atoms with Crippen molar-refractivity contribution >= 4 is 0 Å². The highest BCUT2D eigenvalue weighted by molar-refractivity contribution is 5.08. The largest absolute Gasteiger partial charge is 0.311 e. The highest BCUT2D eigenvalue weighted by Crippen LogP contribution is 2.17. The first-order valence-electron chi connectivity index (χ1n) is 6.16. The number of aryl methyl sites for hydroxylation is 2. The fourth-order valence-electron chi connectivity index (χ4n) is 1.70. The van der Waals surface area contributed by atoms with Crippen LogP contribution in [0, 0.1) is 12.3 Å². The van der Waals surface area contributed by atoms with Gasteiger partial charge in [-0.25, -0.2) is 0 Å². The van der Waals surface area contributed by atoms with Crippen LogP contribution in [0.4, 0.5) is 0 Å². The topological polar surface area (TPSA) is 29.9 Å². The summed E-state index contributed by atoms with van der Waals surface area (Å²) in [5, 5.41) is 7.92. The molecule has 3 heteroatoms. The molecular formula is C13H25N3. The second-order valence-electron chi connectivity index (χ2n) is 5.58. The van der Waals surface area contributed by atoms with Crippen molar-refractivity contribution in [1.29, 1.82) is 0 Å². The molecule has 0 atom stereocenters. The molecule has 0 aliphatic heterocycles. The van der Waals surface area contributed by atoms with Gasteiger partial charge in [-0.2, -0.15) is 5.10 Å². The molecule has 0 bridgehead atoms. The van der Waals surface area contributed by atoms with E-state index >= 15 is 0 Å². The zero-order valence-corrected chi connectivity index (χ0v) is 11.3. The maximum atomic E-state index is 4.43. The SMILES string of the molecule is CCn1nc(C)cc1CNCCC(C)(C)C. The van der Waals surface area contributed by atoms with Gasteiger partial charge in [0.1, 0.15) is 0 Å². The van der Waals surface area contributed by atoms with Crippen LogP contribution in [0.25, 0.3) is 0 Å². The Morgan fingerprint density at radius 3 is 2.62 bits per heavy atom. The number of nitrogens with one attached hydrogen (secondary N) is 1. The van der Waals surface area contributed by atoms with Crippen molar-refractivity contribution in [2.24, 2.45) is 5.41 Å². The van der Waals surface area contributed by atoms with E-state index in [0.29, 0.717) is 5.41 Å². The van der Waals surface area contributed by atoms with Crippen LogP contribution in [0.15, 0.2) is 6.07 Å². The Hall–Kier alpha value is -0.830. The van der Waals surface area contributed by atoms with E-state index in [4.69, 9.17) is 0 Å². The average molecular weight is 223 g/mol. The van der Waals surface area contributed by atoms with E-state index in [1.54, 1.807) is 0 Å². The molecule has 0 saturated heterocycles. The normalized spacial score (nSPS) is 12.1. The lowest BCUT2D eigenvalue weighted by molar-refractivity contribution is 0.365. The fraction of sp³-hybridized carbons (Fsp3) is 0.769. The summed E-state index contributed by atoms with van der Waals surface area (Å²) in [4.78, 5) is 0. The summed E-state index contributed by atoms with van der Waals surface area (Å²) in [6, 6.07) is 2.16. The van der Waals surface area contributed by atoms with E-state index < -0.39 is 0 Å². The molecule has 1 heterocycles. The third-order valence-electron chi connectivity index (χ3n) is 2.64. The van der Waals surface area contributed by atoms with Crippen LogP contribution >= 0.6 is 0 Å². The van der Waals surface area contributed by atoms with Gasteiger partial charge in [0.05, 0.1) is 11.4 Å². The minimum absolute atomic E-state index is 0.411. The van der Waals surface area contributed by atoms with E-state index in [-0.39, 0.29) is 0 Å².